The van der Waals surface area contributed by atoms with Gasteiger partial charge in [-0.2, -0.15) is 0 Å². The van der Waals surface area contributed by atoms with E-state index in [-0.39, 0.29) is 0 Å². The first-order chi connectivity index (χ1) is 10.5. The monoisotopic (exact) mass is 306 g/mol. The summed E-state index contributed by atoms with van der Waals surface area (Å²) < 4.78 is 0. The van der Waals surface area contributed by atoms with E-state index in [9.17, 15) is 9.59 Å². The lowest BCUT2D eigenvalue weighted by atomic mass is 10.1. The molecule has 124 valence electrons. The molecular weight excluding hydrogens is 276 g/mol. The molecule has 0 saturated heterocycles. The van der Waals surface area contributed by atoms with Gasteiger partial charge in [0.1, 0.15) is 0 Å². The van der Waals surface area contributed by atoms with Crippen LogP contribution in [0, 0.1) is 0 Å². The second kappa shape index (κ2) is 12.9. The van der Waals surface area contributed by atoms with Crippen molar-refractivity contribution in [1.82, 2.24) is 0 Å². The fourth-order valence-electron chi connectivity index (χ4n) is 2.01. The van der Waals surface area contributed by atoms with E-state index in [1.165, 1.54) is 75.6 Å². The van der Waals surface area contributed by atoms with Gasteiger partial charge in [-0.05, 0) is 24.3 Å². The van der Waals surface area contributed by atoms with Crippen LogP contribution in [0.25, 0.3) is 0 Å². The maximum Gasteiger partial charge on any atom is 0.248 e. The van der Waals surface area contributed by atoms with Crippen LogP contribution in [0.5, 0.6) is 0 Å². The second-order valence-electron chi connectivity index (χ2n) is 5.43. The molecular formula is C18H30N2O2. The Labute approximate surface area is 134 Å². The summed E-state index contributed by atoms with van der Waals surface area (Å²) in [6, 6.07) is 5.84. The van der Waals surface area contributed by atoms with Gasteiger partial charge in [0.25, 0.3) is 0 Å². The third kappa shape index (κ3) is 9.97. The van der Waals surface area contributed by atoms with Crippen molar-refractivity contribution >= 4 is 11.8 Å². The van der Waals surface area contributed by atoms with Crippen LogP contribution in [-0.4, -0.2) is 11.8 Å². The van der Waals surface area contributed by atoms with E-state index in [4.69, 9.17) is 11.5 Å². The van der Waals surface area contributed by atoms with E-state index >= 15 is 0 Å². The lowest BCUT2D eigenvalue weighted by molar-refractivity contribution is 0.0988. The zero-order valence-corrected chi connectivity index (χ0v) is 13.9. The van der Waals surface area contributed by atoms with Crippen molar-refractivity contribution in [2.45, 2.75) is 65.2 Å². The summed E-state index contributed by atoms with van der Waals surface area (Å²) in [4.78, 5) is 21.2. The lowest BCUT2D eigenvalue weighted by Crippen LogP contribution is -2.13. The number of amides is 2. The van der Waals surface area contributed by atoms with Gasteiger partial charge in [0.05, 0.1) is 0 Å². The number of hydrogen-bond donors (Lipinski definition) is 2. The molecule has 0 unspecified atom stereocenters. The molecule has 1 rings (SSSR count). The number of primary amides is 2. The second-order valence-corrected chi connectivity index (χ2v) is 5.43. The molecule has 0 aliphatic heterocycles. The van der Waals surface area contributed by atoms with Gasteiger partial charge in [-0.3, -0.25) is 9.59 Å². The summed E-state index contributed by atoms with van der Waals surface area (Å²) in [5, 5.41) is 0. The smallest absolute Gasteiger partial charge is 0.248 e. The Kier molecular flexibility index (Phi) is 11.8. The van der Waals surface area contributed by atoms with Crippen LogP contribution in [0.3, 0.4) is 0 Å². The Morgan fingerprint density at radius 3 is 1.18 bits per heavy atom. The van der Waals surface area contributed by atoms with Gasteiger partial charge < -0.3 is 11.5 Å². The normalized spacial score (nSPS) is 9.73. The molecule has 1 aromatic carbocycles. The molecule has 0 aliphatic rings. The number of unbranched alkanes of at least 4 members (excludes halogenated alkanes) is 7. The summed E-state index contributed by atoms with van der Waals surface area (Å²) in [5.74, 6) is -1.04. The molecule has 0 heterocycles. The minimum absolute atomic E-state index is 0.361. The first-order valence-electron chi connectivity index (χ1n) is 8.22. The average molecular weight is 306 g/mol. The van der Waals surface area contributed by atoms with E-state index < -0.39 is 11.8 Å². The summed E-state index contributed by atoms with van der Waals surface area (Å²) in [6.07, 6.45) is 11.5. The van der Waals surface area contributed by atoms with Crippen molar-refractivity contribution in [3.05, 3.63) is 35.4 Å². The van der Waals surface area contributed by atoms with Crippen molar-refractivity contribution in [2.24, 2.45) is 11.5 Å². The zero-order chi connectivity index (χ0) is 16.8. The van der Waals surface area contributed by atoms with Crippen LogP contribution in [0.15, 0.2) is 24.3 Å². The van der Waals surface area contributed by atoms with Crippen molar-refractivity contribution in [2.75, 3.05) is 0 Å². The van der Waals surface area contributed by atoms with Gasteiger partial charge in [0, 0.05) is 11.1 Å². The Morgan fingerprint density at radius 2 is 0.955 bits per heavy atom. The van der Waals surface area contributed by atoms with Gasteiger partial charge in [-0.25, -0.2) is 0 Å². The standard InChI is InChI=1S/C10H22.C8H8N2O2/c1-3-5-7-9-10-8-6-4-2;9-7(11)5-1-2-6(4-3-5)8(10)12/h3-10H2,1-2H3;1-4H,(H2,9,11)(H2,10,12). The number of benzene rings is 1. The summed E-state index contributed by atoms with van der Waals surface area (Å²) in [7, 11) is 0. The Morgan fingerprint density at radius 1 is 0.682 bits per heavy atom. The van der Waals surface area contributed by atoms with Crippen molar-refractivity contribution < 1.29 is 9.59 Å². The minimum Gasteiger partial charge on any atom is -0.366 e. The average Bonchev–Trinajstić information content (AvgIpc) is 2.51. The van der Waals surface area contributed by atoms with Crippen LogP contribution < -0.4 is 11.5 Å². The highest BCUT2D eigenvalue weighted by Gasteiger charge is 2.02. The number of carbonyl (C=O) groups excluding carboxylic acids is 2. The summed E-state index contributed by atoms with van der Waals surface area (Å²) >= 11 is 0. The predicted molar refractivity (Wildman–Crippen MR) is 91.8 cm³/mol. The molecule has 0 aromatic heterocycles. The summed E-state index contributed by atoms with van der Waals surface area (Å²) in [6.45, 7) is 4.54. The number of carbonyl (C=O) groups is 2. The van der Waals surface area contributed by atoms with Crippen LogP contribution in [0.4, 0.5) is 0 Å². The molecule has 22 heavy (non-hydrogen) atoms. The molecule has 0 saturated carbocycles. The molecule has 0 bridgehead atoms. The molecule has 4 N–H and O–H groups in total. The third-order valence-corrected chi connectivity index (χ3v) is 3.41. The largest absolute Gasteiger partial charge is 0.366 e. The molecule has 1 aromatic rings. The molecule has 0 radical (unpaired) electrons. The molecule has 0 aliphatic carbocycles. The quantitative estimate of drug-likeness (QED) is 0.675. The maximum absolute atomic E-state index is 10.6. The summed E-state index contributed by atoms with van der Waals surface area (Å²) in [5.41, 5.74) is 10.7. The van der Waals surface area contributed by atoms with Crippen molar-refractivity contribution in [1.29, 1.82) is 0 Å². The van der Waals surface area contributed by atoms with E-state index in [2.05, 4.69) is 13.8 Å². The maximum atomic E-state index is 10.6. The zero-order valence-electron chi connectivity index (χ0n) is 13.9. The fourth-order valence-corrected chi connectivity index (χ4v) is 2.01. The van der Waals surface area contributed by atoms with Gasteiger partial charge in [0.15, 0.2) is 0 Å². The SMILES string of the molecule is CCCCCCCCCC.NC(=O)c1ccc(C(N)=O)cc1. The lowest BCUT2D eigenvalue weighted by Gasteiger charge is -1.97. The molecule has 0 spiro atoms. The van der Waals surface area contributed by atoms with Crippen LogP contribution >= 0.6 is 0 Å². The Hall–Kier alpha value is -1.84. The fraction of sp³-hybridized carbons (Fsp3) is 0.556. The number of nitrogens with two attached hydrogens (primary N) is 2. The van der Waals surface area contributed by atoms with E-state index in [1.807, 2.05) is 0 Å². The van der Waals surface area contributed by atoms with Crippen molar-refractivity contribution in [3.63, 3.8) is 0 Å². The number of hydrogen-bond acceptors (Lipinski definition) is 2. The third-order valence-electron chi connectivity index (χ3n) is 3.41. The van der Waals surface area contributed by atoms with Crippen molar-refractivity contribution in [3.8, 4) is 0 Å². The highest BCUT2D eigenvalue weighted by Crippen LogP contribution is 2.07. The first-order valence-corrected chi connectivity index (χ1v) is 8.22. The van der Waals surface area contributed by atoms with E-state index in [1.54, 1.807) is 0 Å². The predicted octanol–water partition coefficient (Wildman–Crippen LogP) is 4.03. The van der Waals surface area contributed by atoms with Crippen LogP contribution in [-0.2, 0) is 0 Å². The molecule has 4 nitrogen and oxygen atoms in total. The molecule has 2 amide bonds. The molecule has 4 heteroatoms. The van der Waals surface area contributed by atoms with E-state index in [0.29, 0.717) is 11.1 Å². The van der Waals surface area contributed by atoms with E-state index in [0.717, 1.165) is 0 Å². The Bertz CT molecular complexity index is 386. The van der Waals surface area contributed by atoms with Gasteiger partial charge in [-0.1, -0.05) is 65.2 Å². The van der Waals surface area contributed by atoms with Gasteiger partial charge in [0.2, 0.25) is 11.8 Å². The van der Waals surface area contributed by atoms with Gasteiger partial charge in [-0.15, -0.1) is 0 Å². The van der Waals surface area contributed by atoms with Crippen LogP contribution in [0.1, 0.15) is 85.9 Å². The Balaban J connectivity index is 0.000000409. The molecule has 0 atom stereocenters. The minimum atomic E-state index is -0.522. The number of rotatable bonds is 9. The molecule has 0 fully saturated rings. The topological polar surface area (TPSA) is 86.2 Å². The van der Waals surface area contributed by atoms with Crippen LogP contribution in [0.2, 0.25) is 0 Å². The highest BCUT2D eigenvalue weighted by molar-refractivity contribution is 5.96. The first kappa shape index (κ1) is 20.2. The highest BCUT2D eigenvalue weighted by atomic mass is 16.1. The van der Waals surface area contributed by atoms with Gasteiger partial charge >= 0.3 is 0 Å².